The van der Waals surface area contributed by atoms with Crippen LogP contribution < -0.4 is 9.47 Å². The quantitative estimate of drug-likeness (QED) is 0.754. The van der Waals surface area contributed by atoms with Crippen LogP contribution in [-0.4, -0.2) is 46.2 Å². The van der Waals surface area contributed by atoms with Crippen molar-refractivity contribution in [3.05, 3.63) is 59.9 Å². The van der Waals surface area contributed by atoms with Gasteiger partial charge in [0.2, 0.25) is 6.29 Å². The molecule has 6 nitrogen and oxygen atoms in total. The van der Waals surface area contributed by atoms with Crippen LogP contribution in [0.25, 0.3) is 0 Å². The summed E-state index contributed by atoms with van der Waals surface area (Å²) in [5.41, 5.74) is 1.06. The molecule has 1 saturated heterocycles. The van der Waals surface area contributed by atoms with Gasteiger partial charge in [0.05, 0.1) is 6.10 Å². The number of hydrogen-bond donors (Lipinski definition) is 2. The highest BCUT2D eigenvalue weighted by atomic mass is 32.1. The molecule has 2 aromatic rings. The minimum atomic E-state index is -1.36. The SMILES string of the molecule is Cc1ccc(OC(=S)O[C@@H]2[C@@H](O)[C@H](C)O[C@@H](Oc3ccc(F)cc3)[C@@H]2O)cc1. The maximum absolute atomic E-state index is 13.0. The maximum Gasteiger partial charge on any atom is 0.358 e. The molecule has 0 aliphatic carbocycles. The number of aliphatic hydroxyl groups is 2. The lowest BCUT2D eigenvalue weighted by molar-refractivity contribution is -0.266. The van der Waals surface area contributed by atoms with Gasteiger partial charge in [0, 0.05) is 12.2 Å². The van der Waals surface area contributed by atoms with Gasteiger partial charge in [0.1, 0.15) is 23.4 Å². The van der Waals surface area contributed by atoms with Gasteiger partial charge in [-0.15, -0.1) is 0 Å². The van der Waals surface area contributed by atoms with E-state index in [0.717, 1.165) is 5.56 Å². The lowest BCUT2D eigenvalue weighted by atomic mass is 10.00. The van der Waals surface area contributed by atoms with Crippen LogP contribution in [-0.2, 0) is 9.47 Å². The summed E-state index contributed by atoms with van der Waals surface area (Å²) >= 11 is 5.09. The van der Waals surface area contributed by atoms with E-state index >= 15 is 0 Å². The van der Waals surface area contributed by atoms with E-state index in [4.69, 9.17) is 31.2 Å². The second-order valence-corrected chi connectivity index (χ2v) is 6.84. The third-order valence-electron chi connectivity index (χ3n) is 4.30. The molecule has 3 rings (SSSR count). The smallest absolute Gasteiger partial charge is 0.358 e. The van der Waals surface area contributed by atoms with E-state index in [-0.39, 0.29) is 5.24 Å². The number of benzene rings is 2. The average Bonchev–Trinajstić information content (AvgIpc) is 2.67. The van der Waals surface area contributed by atoms with Crippen molar-refractivity contribution in [1.29, 1.82) is 0 Å². The zero-order valence-corrected chi connectivity index (χ0v) is 16.1. The molecular weight excluding hydrogens is 387 g/mol. The second kappa shape index (κ2) is 8.83. The van der Waals surface area contributed by atoms with Crippen molar-refractivity contribution in [3.63, 3.8) is 0 Å². The van der Waals surface area contributed by atoms with E-state index < -0.39 is 36.5 Å². The fraction of sp³-hybridized carbons (Fsp3) is 0.350. The fourth-order valence-electron chi connectivity index (χ4n) is 2.72. The van der Waals surface area contributed by atoms with Gasteiger partial charge in [0.25, 0.3) is 0 Å². The third kappa shape index (κ3) is 4.96. The van der Waals surface area contributed by atoms with E-state index in [1.807, 2.05) is 19.1 Å². The zero-order chi connectivity index (χ0) is 20.3. The highest BCUT2D eigenvalue weighted by Crippen LogP contribution is 2.27. The van der Waals surface area contributed by atoms with Gasteiger partial charge in [0.15, 0.2) is 12.2 Å². The average molecular weight is 408 g/mol. The first-order valence-electron chi connectivity index (χ1n) is 8.72. The Balaban J connectivity index is 1.66. The molecule has 0 bridgehead atoms. The highest BCUT2D eigenvalue weighted by molar-refractivity contribution is 7.79. The van der Waals surface area contributed by atoms with E-state index in [1.54, 1.807) is 19.1 Å². The zero-order valence-electron chi connectivity index (χ0n) is 15.3. The number of halogens is 1. The van der Waals surface area contributed by atoms with Gasteiger partial charge < -0.3 is 29.2 Å². The molecule has 1 fully saturated rings. The Bertz CT molecular complexity index is 797. The van der Waals surface area contributed by atoms with Crippen LogP contribution in [0.15, 0.2) is 48.5 Å². The summed E-state index contributed by atoms with van der Waals surface area (Å²) in [7, 11) is 0. The maximum atomic E-state index is 13.0. The van der Waals surface area contributed by atoms with Crippen LogP contribution in [0.1, 0.15) is 12.5 Å². The van der Waals surface area contributed by atoms with Gasteiger partial charge in [-0.1, -0.05) is 17.7 Å². The Labute approximate surface area is 167 Å². The lowest BCUT2D eigenvalue weighted by Crippen LogP contribution is -2.59. The minimum Gasteiger partial charge on any atom is -0.462 e. The van der Waals surface area contributed by atoms with Crippen LogP contribution in [0.2, 0.25) is 0 Å². The van der Waals surface area contributed by atoms with Crippen LogP contribution in [0, 0.1) is 12.7 Å². The van der Waals surface area contributed by atoms with Crippen molar-refractivity contribution in [3.8, 4) is 11.5 Å². The second-order valence-electron chi connectivity index (χ2n) is 6.51. The molecule has 0 amide bonds. The third-order valence-corrected chi connectivity index (χ3v) is 4.48. The van der Waals surface area contributed by atoms with E-state index in [0.29, 0.717) is 11.5 Å². The summed E-state index contributed by atoms with van der Waals surface area (Å²) in [6.45, 7) is 3.55. The minimum absolute atomic E-state index is 0.249. The Kier molecular flexibility index (Phi) is 6.46. The van der Waals surface area contributed by atoms with Gasteiger partial charge in [-0.25, -0.2) is 4.39 Å². The number of rotatable bonds is 4. The Morgan fingerprint density at radius 2 is 1.61 bits per heavy atom. The Morgan fingerprint density at radius 3 is 2.25 bits per heavy atom. The summed E-state index contributed by atoms with van der Waals surface area (Å²) in [6, 6.07) is 12.4. The number of hydrogen-bond acceptors (Lipinski definition) is 7. The molecular formula is C20H21FO6S. The fourth-order valence-corrected chi connectivity index (χ4v) is 2.93. The molecule has 5 atom stereocenters. The molecule has 2 aromatic carbocycles. The topological polar surface area (TPSA) is 77.4 Å². The molecule has 0 saturated carbocycles. The van der Waals surface area contributed by atoms with Crippen molar-refractivity contribution in [2.24, 2.45) is 0 Å². The molecule has 1 aliphatic rings. The van der Waals surface area contributed by atoms with Crippen molar-refractivity contribution in [2.45, 2.75) is 44.6 Å². The number of aliphatic hydroxyl groups excluding tert-OH is 2. The molecule has 28 heavy (non-hydrogen) atoms. The summed E-state index contributed by atoms with van der Waals surface area (Å²) < 4.78 is 35.1. The van der Waals surface area contributed by atoms with Gasteiger partial charge >= 0.3 is 5.24 Å². The predicted molar refractivity (Wildman–Crippen MR) is 103 cm³/mol. The molecule has 8 heteroatoms. The Morgan fingerprint density at radius 1 is 1.00 bits per heavy atom. The Hall–Kier alpha value is -2.26. The number of ether oxygens (including phenoxy) is 4. The van der Waals surface area contributed by atoms with E-state index in [9.17, 15) is 14.6 Å². The number of aryl methyl sites for hydroxylation is 1. The van der Waals surface area contributed by atoms with Crippen LogP contribution in [0.3, 0.4) is 0 Å². The number of thiocarbonyl (C=S) groups is 1. The molecule has 0 spiro atoms. The van der Waals surface area contributed by atoms with Gasteiger partial charge in [-0.2, -0.15) is 0 Å². The predicted octanol–water partition coefficient (Wildman–Crippen LogP) is 2.73. The monoisotopic (exact) mass is 408 g/mol. The molecule has 1 aliphatic heterocycles. The summed E-state index contributed by atoms with van der Waals surface area (Å²) in [4.78, 5) is 0. The van der Waals surface area contributed by atoms with Crippen molar-refractivity contribution in [1.82, 2.24) is 0 Å². The van der Waals surface area contributed by atoms with Crippen LogP contribution in [0.5, 0.6) is 11.5 Å². The lowest BCUT2D eigenvalue weighted by Gasteiger charge is -2.40. The molecule has 150 valence electrons. The first kappa shape index (κ1) is 20.5. The first-order valence-corrected chi connectivity index (χ1v) is 9.13. The molecule has 0 aromatic heterocycles. The highest BCUT2D eigenvalue weighted by Gasteiger charge is 2.46. The van der Waals surface area contributed by atoms with E-state index in [2.05, 4.69) is 0 Å². The molecule has 2 N–H and O–H groups in total. The molecule has 0 unspecified atom stereocenters. The van der Waals surface area contributed by atoms with Gasteiger partial charge in [-0.05, 0) is 50.2 Å². The summed E-state index contributed by atoms with van der Waals surface area (Å²) in [6.07, 6.45) is -5.51. The largest absolute Gasteiger partial charge is 0.462 e. The van der Waals surface area contributed by atoms with Crippen LogP contribution in [0.4, 0.5) is 4.39 Å². The van der Waals surface area contributed by atoms with Crippen molar-refractivity contribution in [2.75, 3.05) is 0 Å². The normalized spacial score (nSPS) is 27.1. The van der Waals surface area contributed by atoms with Crippen molar-refractivity contribution >= 4 is 17.5 Å². The summed E-state index contributed by atoms with van der Waals surface area (Å²) in [5, 5.41) is 20.7. The van der Waals surface area contributed by atoms with E-state index in [1.165, 1.54) is 24.3 Å². The summed E-state index contributed by atoms with van der Waals surface area (Å²) in [5.74, 6) is 0.353. The standard InChI is InChI=1S/C20H21FO6S/c1-11-3-7-15(8-4-11)26-20(28)27-18-16(22)12(2)24-19(17(18)23)25-14-9-5-13(21)6-10-14/h3-10,12,16-19,22-23H,1-2H3/t12-,16-,17+,18+,19-/m0/s1. The van der Waals surface area contributed by atoms with Crippen LogP contribution >= 0.6 is 12.2 Å². The van der Waals surface area contributed by atoms with Gasteiger partial charge in [-0.3, -0.25) is 0 Å². The first-order chi connectivity index (χ1) is 13.3. The molecule has 1 heterocycles. The van der Waals surface area contributed by atoms with Crippen molar-refractivity contribution < 1.29 is 33.6 Å². The molecule has 0 radical (unpaired) electrons.